The average Bonchev–Trinajstić information content (AvgIpc) is 2.63. The summed E-state index contributed by atoms with van der Waals surface area (Å²) in [6, 6.07) is 20.1. The third-order valence-electron chi connectivity index (χ3n) is 5.14. The van der Waals surface area contributed by atoms with Gasteiger partial charge in [0.15, 0.2) is 0 Å². The molecule has 132 valence electrons. The molecule has 1 aliphatic carbocycles. The van der Waals surface area contributed by atoms with Gasteiger partial charge in [0.25, 0.3) is 0 Å². The maximum absolute atomic E-state index is 12.5. The number of aliphatic hydroxyl groups excluding tert-OH is 1. The summed E-state index contributed by atoms with van der Waals surface area (Å²) in [4.78, 5) is 12.5. The Morgan fingerprint density at radius 2 is 1.68 bits per heavy atom. The van der Waals surface area contributed by atoms with Gasteiger partial charge in [-0.3, -0.25) is 0 Å². The van der Waals surface area contributed by atoms with Crippen LogP contribution in [0, 0.1) is 0 Å². The number of hydrogen-bond acceptors (Lipinski definition) is 2. The number of hydrogen-bond donors (Lipinski definition) is 3. The van der Waals surface area contributed by atoms with E-state index in [1.54, 1.807) is 0 Å². The highest BCUT2D eigenvalue weighted by atomic mass is 16.3. The molecule has 0 aliphatic heterocycles. The van der Waals surface area contributed by atoms with Crippen LogP contribution in [0.15, 0.2) is 60.7 Å². The molecule has 25 heavy (non-hydrogen) atoms. The van der Waals surface area contributed by atoms with Gasteiger partial charge >= 0.3 is 6.03 Å². The smallest absolute Gasteiger partial charge is 0.315 e. The van der Waals surface area contributed by atoms with Gasteiger partial charge in [-0.25, -0.2) is 4.79 Å². The minimum Gasteiger partial charge on any atom is -0.396 e. The minimum absolute atomic E-state index is 0.108. The van der Waals surface area contributed by atoms with Gasteiger partial charge < -0.3 is 15.7 Å². The molecule has 0 aromatic heterocycles. The zero-order valence-corrected chi connectivity index (χ0v) is 14.4. The summed E-state index contributed by atoms with van der Waals surface area (Å²) in [6.45, 7) is 0.623. The Morgan fingerprint density at radius 1 is 1.04 bits per heavy atom. The second-order valence-corrected chi connectivity index (χ2v) is 6.76. The lowest BCUT2D eigenvalue weighted by Crippen LogP contribution is -2.54. The molecule has 0 saturated heterocycles. The Balaban J connectivity index is 1.60. The monoisotopic (exact) mass is 338 g/mol. The summed E-state index contributed by atoms with van der Waals surface area (Å²) in [5, 5.41) is 15.5. The van der Waals surface area contributed by atoms with Crippen molar-refractivity contribution in [3.63, 3.8) is 0 Å². The molecule has 0 bridgehead atoms. The Hall–Kier alpha value is -2.33. The van der Waals surface area contributed by atoms with Gasteiger partial charge in [-0.15, -0.1) is 0 Å². The van der Waals surface area contributed by atoms with Crippen LogP contribution < -0.4 is 10.6 Å². The zero-order valence-electron chi connectivity index (χ0n) is 14.4. The highest BCUT2D eigenvalue weighted by Gasteiger charge is 2.39. The molecule has 2 amide bonds. The topological polar surface area (TPSA) is 61.4 Å². The number of carbonyl (C=O) groups excluding carboxylic acids is 1. The Labute approximate surface area is 149 Å². The van der Waals surface area contributed by atoms with Gasteiger partial charge in [-0.2, -0.15) is 0 Å². The van der Waals surface area contributed by atoms with E-state index in [-0.39, 0.29) is 24.1 Å². The van der Waals surface area contributed by atoms with Crippen molar-refractivity contribution in [2.45, 2.75) is 37.1 Å². The third kappa shape index (κ3) is 4.20. The van der Waals surface area contributed by atoms with Gasteiger partial charge in [0.2, 0.25) is 0 Å². The van der Waals surface area contributed by atoms with Crippen LogP contribution in [0.1, 0.15) is 42.7 Å². The van der Waals surface area contributed by atoms with E-state index in [2.05, 4.69) is 22.8 Å². The standard InChI is InChI=1S/C21H26N2O2/c24-15-12-18(17-8-3-1-4-9-17)16-22-20(25)23-21(13-7-14-21)19-10-5-2-6-11-19/h1-6,8-11,18,24H,7,12-16H2,(H2,22,23,25). The molecule has 4 heteroatoms. The highest BCUT2D eigenvalue weighted by molar-refractivity contribution is 5.75. The number of aliphatic hydroxyl groups is 1. The highest BCUT2D eigenvalue weighted by Crippen LogP contribution is 2.41. The van der Waals surface area contributed by atoms with Crippen LogP contribution in [-0.2, 0) is 5.54 Å². The molecular formula is C21H26N2O2. The van der Waals surface area contributed by atoms with Crippen LogP contribution in [0.25, 0.3) is 0 Å². The van der Waals surface area contributed by atoms with Gasteiger partial charge in [-0.05, 0) is 36.8 Å². The predicted molar refractivity (Wildman–Crippen MR) is 99.4 cm³/mol. The van der Waals surface area contributed by atoms with Crippen molar-refractivity contribution in [1.82, 2.24) is 10.6 Å². The van der Waals surface area contributed by atoms with Crippen LogP contribution in [0.4, 0.5) is 4.79 Å². The van der Waals surface area contributed by atoms with Crippen LogP contribution in [0.3, 0.4) is 0 Å². The van der Waals surface area contributed by atoms with Crippen molar-refractivity contribution in [2.24, 2.45) is 0 Å². The van der Waals surface area contributed by atoms with E-state index in [1.165, 1.54) is 5.56 Å². The number of nitrogens with one attached hydrogen (secondary N) is 2. The molecule has 1 atom stereocenters. The van der Waals surface area contributed by atoms with Crippen LogP contribution in [-0.4, -0.2) is 24.3 Å². The average molecular weight is 338 g/mol. The second-order valence-electron chi connectivity index (χ2n) is 6.76. The molecular weight excluding hydrogens is 312 g/mol. The Morgan fingerprint density at radius 3 is 2.24 bits per heavy atom. The van der Waals surface area contributed by atoms with Crippen molar-refractivity contribution in [3.05, 3.63) is 71.8 Å². The molecule has 2 aromatic rings. The van der Waals surface area contributed by atoms with E-state index in [9.17, 15) is 9.90 Å². The number of urea groups is 1. The quantitative estimate of drug-likeness (QED) is 0.723. The summed E-state index contributed by atoms with van der Waals surface area (Å²) in [7, 11) is 0. The largest absolute Gasteiger partial charge is 0.396 e. The first-order valence-electron chi connectivity index (χ1n) is 9.01. The lowest BCUT2D eigenvalue weighted by atomic mass is 9.72. The lowest BCUT2D eigenvalue weighted by Gasteiger charge is -2.43. The van der Waals surface area contributed by atoms with Crippen molar-refractivity contribution in [1.29, 1.82) is 0 Å². The van der Waals surface area contributed by atoms with Crippen LogP contribution in [0.5, 0.6) is 0 Å². The van der Waals surface area contributed by atoms with E-state index in [4.69, 9.17) is 0 Å². The summed E-state index contributed by atoms with van der Waals surface area (Å²) < 4.78 is 0. The number of benzene rings is 2. The molecule has 1 unspecified atom stereocenters. The number of rotatable bonds is 7. The molecule has 1 aliphatic rings. The van der Waals surface area contributed by atoms with Crippen LogP contribution >= 0.6 is 0 Å². The van der Waals surface area contributed by atoms with Crippen molar-refractivity contribution in [3.8, 4) is 0 Å². The van der Waals surface area contributed by atoms with Crippen molar-refractivity contribution < 1.29 is 9.90 Å². The maximum atomic E-state index is 12.5. The van der Waals surface area contributed by atoms with E-state index in [0.717, 1.165) is 24.8 Å². The first kappa shape index (κ1) is 17.5. The van der Waals surface area contributed by atoms with E-state index in [0.29, 0.717) is 13.0 Å². The third-order valence-corrected chi connectivity index (χ3v) is 5.14. The Bertz CT molecular complexity index is 669. The van der Waals surface area contributed by atoms with Crippen molar-refractivity contribution in [2.75, 3.05) is 13.2 Å². The molecule has 0 heterocycles. The van der Waals surface area contributed by atoms with E-state index < -0.39 is 0 Å². The van der Waals surface area contributed by atoms with Crippen LogP contribution in [0.2, 0.25) is 0 Å². The van der Waals surface area contributed by atoms with Gasteiger partial charge in [0, 0.05) is 19.1 Å². The predicted octanol–water partition coefficient (Wildman–Crippen LogP) is 3.53. The fourth-order valence-corrected chi connectivity index (χ4v) is 3.52. The molecule has 1 fully saturated rings. The first-order valence-corrected chi connectivity index (χ1v) is 9.01. The van der Waals surface area contributed by atoms with E-state index >= 15 is 0 Å². The summed E-state index contributed by atoms with van der Waals surface area (Å²) in [5.74, 6) is 0.117. The number of amides is 2. The van der Waals surface area contributed by atoms with Crippen molar-refractivity contribution >= 4 is 6.03 Å². The maximum Gasteiger partial charge on any atom is 0.315 e. The number of carbonyl (C=O) groups is 1. The first-order chi connectivity index (χ1) is 12.2. The summed E-state index contributed by atoms with van der Waals surface area (Å²) in [6.07, 6.45) is 3.72. The van der Waals surface area contributed by atoms with E-state index in [1.807, 2.05) is 48.5 Å². The zero-order chi connectivity index (χ0) is 17.5. The molecule has 0 spiro atoms. The minimum atomic E-state index is -0.232. The molecule has 0 radical (unpaired) electrons. The van der Waals surface area contributed by atoms with Gasteiger partial charge in [0.1, 0.15) is 0 Å². The molecule has 1 saturated carbocycles. The SMILES string of the molecule is O=C(NCC(CCO)c1ccccc1)NC1(c2ccccc2)CCC1. The van der Waals surface area contributed by atoms with Gasteiger partial charge in [0.05, 0.1) is 5.54 Å². The fourth-order valence-electron chi connectivity index (χ4n) is 3.52. The summed E-state index contributed by atoms with van der Waals surface area (Å²) in [5.41, 5.74) is 2.08. The lowest BCUT2D eigenvalue weighted by molar-refractivity contribution is 0.176. The normalized spacial score (nSPS) is 16.5. The Kier molecular flexibility index (Phi) is 5.71. The second kappa shape index (κ2) is 8.17. The van der Waals surface area contributed by atoms with Gasteiger partial charge in [-0.1, -0.05) is 60.7 Å². The molecule has 4 nitrogen and oxygen atoms in total. The molecule has 2 aromatic carbocycles. The molecule has 3 N–H and O–H groups in total. The fraction of sp³-hybridized carbons (Fsp3) is 0.381. The summed E-state index contributed by atoms with van der Waals surface area (Å²) >= 11 is 0. The molecule has 3 rings (SSSR count).